The molecule has 0 aliphatic rings. The van der Waals surface area contributed by atoms with Crippen LogP contribution in [0.25, 0.3) is 0 Å². The van der Waals surface area contributed by atoms with Gasteiger partial charge in [-0.1, -0.05) is 18.5 Å². The second-order valence-electron chi connectivity index (χ2n) is 4.19. The molecule has 0 unspecified atom stereocenters. The van der Waals surface area contributed by atoms with Crippen LogP contribution in [0.2, 0.25) is 4.34 Å². The second kappa shape index (κ2) is 6.45. The zero-order valence-electron chi connectivity index (χ0n) is 11.3. The lowest BCUT2D eigenvalue weighted by Crippen LogP contribution is -2.40. The van der Waals surface area contributed by atoms with Crippen LogP contribution in [0.5, 0.6) is 0 Å². The minimum atomic E-state index is -3.79. The molecule has 2 rings (SSSR count). The van der Waals surface area contributed by atoms with Crippen molar-refractivity contribution >= 4 is 50.2 Å². The number of hydrogen-bond acceptors (Lipinski definition) is 5. The number of carbonyl (C=O) groups excluding carboxylic acids is 1. The Labute approximate surface area is 136 Å². The van der Waals surface area contributed by atoms with Crippen molar-refractivity contribution in [3.63, 3.8) is 0 Å². The van der Waals surface area contributed by atoms with Crippen LogP contribution in [0.4, 0.5) is 0 Å². The fraction of sp³-hybridized carbons (Fsp3) is 0.250. The molecule has 2 heterocycles. The van der Waals surface area contributed by atoms with E-state index in [0.29, 0.717) is 9.21 Å². The van der Waals surface area contributed by atoms with Crippen LogP contribution in [0, 0.1) is 6.92 Å². The van der Waals surface area contributed by atoms with Crippen LogP contribution in [0.15, 0.2) is 22.4 Å². The molecular formula is C12H13ClN2O3S3. The van der Waals surface area contributed by atoms with Crippen molar-refractivity contribution in [2.45, 2.75) is 24.5 Å². The summed E-state index contributed by atoms with van der Waals surface area (Å²) in [6.45, 7) is 3.92. The normalized spacial score (nSPS) is 11.6. The third-order valence-corrected chi connectivity index (χ3v) is 7.03. The van der Waals surface area contributed by atoms with Crippen LogP contribution in [0.3, 0.4) is 0 Å². The molecule has 0 aliphatic carbocycles. The lowest BCUT2D eigenvalue weighted by atomic mass is 10.2. The molecule has 0 saturated heterocycles. The molecule has 9 heteroatoms. The summed E-state index contributed by atoms with van der Waals surface area (Å²) in [5, 5.41) is 0. The Hall–Kier alpha value is -0.930. The summed E-state index contributed by atoms with van der Waals surface area (Å²) >= 11 is 7.97. The second-order valence-corrected chi connectivity index (χ2v) is 8.95. The predicted molar refractivity (Wildman–Crippen MR) is 85.6 cm³/mol. The summed E-state index contributed by atoms with van der Waals surface area (Å²) in [6.07, 6.45) is 0.837. The molecule has 0 spiro atoms. The van der Waals surface area contributed by atoms with E-state index in [0.717, 1.165) is 28.2 Å². The number of carbonyl (C=O) groups is 1. The molecule has 1 amide bonds. The van der Waals surface area contributed by atoms with Crippen molar-refractivity contribution in [1.29, 1.82) is 0 Å². The molecule has 0 aromatic carbocycles. The number of rotatable bonds is 5. The van der Waals surface area contributed by atoms with Gasteiger partial charge in [0.2, 0.25) is 0 Å². The molecule has 0 aliphatic heterocycles. The van der Waals surface area contributed by atoms with Crippen molar-refractivity contribution in [3.05, 3.63) is 37.9 Å². The van der Waals surface area contributed by atoms with E-state index in [1.165, 1.54) is 23.5 Å². The molecule has 0 atom stereocenters. The molecule has 0 saturated carbocycles. The van der Waals surface area contributed by atoms with E-state index in [4.69, 9.17) is 11.6 Å². The SMILES string of the molecule is CCc1sc(C(=O)NNS(=O)(=O)c2ccc(Cl)s2)cc1C. The summed E-state index contributed by atoms with van der Waals surface area (Å²) in [4.78, 5) is 15.6. The Morgan fingerprint density at radius 2 is 2.05 bits per heavy atom. The van der Waals surface area contributed by atoms with Crippen molar-refractivity contribution in [1.82, 2.24) is 10.3 Å². The van der Waals surface area contributed by atoms with Crippen molar-refractivity contribution in [2.24, 2.45) is 0 Å². The van der Waals surface area contributed by atoms with Crippen LogP contribution in [-0.2, 0) is 16.4 Å². The van der Waals surface area contributed by atoms with Crippen LogP contribution >= 0.6 is 34.3 Å². The van der Waals surface area contributed by atoms with Gasteiger partial charge in [0.15, 0.2) is 0 Å². The van der Waals surface area contributed by atoms with E-state index in [1.807, 2.05) is 13.8 Å². The fourth-order valence-corrected chi connectivity index (χ4v) is 4.98. The monoisotopic (exact) mass is 364 g/mol. The standard InChI is InChI=1S/C12H13ClN2O3S3/c1-3-8-7(2)6-9(19-8)12(16)14-15-21(17,18)11-5-4-10(13)20-11/h4-6,15H,3H2,1-2H3,(H,14,16). The van der Waals surface area contributed by atoms with E-state index in [-0.39, 0.29) is 4.21 Å². The first-order valence-electron chi connectivity index (χ1n) is 6.00. The van der Waals surface area contributed by atoms with Gasteiger partial charge in [-0.25, -0.2) is 8.42 Å². The summed E-state index contributed by atoms with van der Waals surface area (Å²) in [5.41, 5.74) is 3.24. The third kappa shape index (κ3) is 3.83. The predicted octanol–water partition coefficient (Wildman–Crippen LogP) is 2.96. The lowest BCUT2D eigenvalue weighted by molar-refractivity contribution is 0.0949. The minimum absolute atomic E-state index is 0.0457. The zero-order valence-corrected chi connectivity index (χ0v) is 14.5. The van der Waals surface area contributed by atoms with Gasteiger partial charge in [-0.05, 0) is 37.1 Å². The van der Waals surface area contributed by atoms with Crippen LogP contribution in [0.1, 0.15) is 27.0 Å². The Kier molecular flexibility index (Phi) is 5.05. The maximum Gasteiger partial charge on any atom is 0.276 e. The molecule has 2 aromatic heterocycles. The molecule has 2 aromatic rings. The average Bonchev–Trinajstić information content (AvgIpc) is 3.02. The number of amides is 1. The van der Waals surface area contributed by atoms with Gasteiger partial charge in [0.25, 0.3) is 15.9 Å². The summed E-state index contributed by atoms with van der Waals surface area (Å²) in [5.74, 6) is -0.478. The molecule has 2 N–H and O–H groups in total. The van der Waals surface area contributed by atoms with E-state index in [2.05, 4.69) is 10.3 Å². The zero-order chi connectivity index (χ0) is 15.6. The molecule has 0 bridgehead atoms. The van der Waals surface area contributed by atoms with E-state index in [9.17, 15) is 13.2 Å². The summed E-state index contributed by atoms with van der Waals surface area (Å²) < 4.78 is 24.3. The largest absolute Gasteiger partial charge is 0.276 e. The van der Waals surface area contributed by atoms with Gasteiger partial charge >= 0.3 is 0 Å². The summed E-state index contributed by atoms with van der Waals surface area (Å²) in [7, 11) is -3.79. The fourth-order valence-electron chi connectivity index (χ4n) is 1.65. The first kappa shape index (κ1) is 16.4. The maximum absolute atomic E-state index is 12.0. The first-order valence-corrected chi connectivity index (χ1v) is 9.49. The number of nitrogens with one attached hydrogen (secondary N) is 2. The smallest absolute Gasteiger partial charge is 0.273 e. The molecule has 21 heavy (non-hydrogen) atoms. The highest BCUT2D eigenvalue weighted by molar-refractivity contribution is 7.91. The van der Waals surface area contributed by atoms with Gasteiger partial charge in [0, 0.05) is 4.88 Å². The number of hydrogen-bond donors (Lipinski definition) is 2. The van der Waals surface area contributed by atoms with Crippen LogP contribution in [-0.4, -0.2) is 14.3 Å². The van der Waals surface area contributed by atoms with Gasteiger partial charge in [-0.3, -0.25) is 10.2 Å². The van der Waals surface area contributed by atoms with Crippen molar-refractivity contribution < 1.29 is 13.2 Å². The number of sulfonamides is 1. The Morgan fingerprint density at radius 3 is 2.57 bits per heavy atom. The van der Waals surface area contributed by atoms with Crippen molar-refractivity contribution in [3.8, 4) is 0 Å². The van der Waals surface area contributed by atoms with Gasteiger partial charge in [-0.15, -0.1) is 27.5 Å². The Morgan fingerprint density at radius 1 is 1.33 bits per heavy atom. The number of hydrazine groups is 1. The van der Waals surface area contributed by atoms with Gasteiger partial charge in [-0.2, -0.15) is 0 Å². The van der Waals surface area contributed by atoms with Gasteiger partial charge in [0.05, 0.1) is 9.21 Å². The average molecular weight is 365 g/mol. The van der Waals surface area contributed by atoms with Crippen molar-refractivity contribution in [2.75, 3.05) is 0 Å². The molecular weight excluding hydrogens is 352 g/mol. The van der Waals surface area contributed by atoms with E-state index >= 15 is 0 Å². The Bertz CT molecular complexity index is 765. The minimum Gasteiger partial charge on any atom is -0.273 e. The van der Waals surface area contributed by atoms with Crippen LogP contribution < -0.4 is 10.3 Å². The quantitative estimate of drug-likeness (QED) is 0.801. The summed E-state index contributed by atoms with van der Waals surface area (Å²) in [6, 6.07) is 4.61. The number of halogens is 1. The van der Waals surface area contributed by atoms with Gasteiger partial charge < -0.3 is 0 Å². The maximum atomic E-state index is 12.0. The highest BCUT2D eigenvalue weighted by Gasteiger charge is 2.19. The first-order chi connectivity index (χ1) is 9.83. The molecule has 5 nitrogen and oxygen atoms in total. The third-order valence-electron chi connectivity index (χ3n) is 2.68. The lowest BCUT2D eigenvalue weighted by Gasteiger charge is -2.05. The topological polar surface area (TPSA) is 75.3 Å². The molecule has 0 radical (unpaired) electrons. The van der Waals surface area contributed by atoms with Gasteiger partial charge in [0.1, 0.15) is 4.21 Å². The Balaban J connectivity index is 2.06. The number of thiophene rings is 2. The van der Waals surface area contributed by atoms with E-state index < -0.39 is 15.9 Å². The highest BCUT2D eigenvalue weighted by Crippen LogP contribution is 2.25. The number of aryl methyl sites for hydroxylation is 2. The van der Waals surface area contributed by atoms with E-state index in [1.54, 1.807) is 6.07 Å². The highest BCUT2D eigenvalue weighted by atomic mass is 35.5. The molecule has 0 fully saturated rings. The molecule has 114 valence electrons.